The number of nitrogens with zero attached hydrogens (tertiary/aromatic N) is 4. The van der Waals surface area contributed by atoms with Crippen molar-refractivity contribution in [3.05, 3.63) is 71.8 Å². The minimum atomic E-state index is 0.638. The summed E-state index contributed by atoms with van der Waals surface area (Å²) < 4.78 is 1.92. The van der Waals surface area contributed by atoms with E-state index in [0.29, 0.717) is 11.9 Å². The highest BCUT2D eigenvalue weighted by Gasteiger charge is 2.25. The maximum absolute atomic E-state index is 4.72. The van der Waals surface area contributed by atoms with Crippen LogP contribution in [0.3, 0.4) is 0 Å². The molecule has 4 aromatic rings. The van der Waals surface area contributed by atoms with Gasteiger partial charge >= 0.3 is 0 Å². The van der Waals surface area contributed by atoms with Crippen LogP contribution >= 0.6 is 0 Å². The number of benzene rings is 1. The van der Waals surface area contributed by atoms with Gasteiger partial charge in [0.15, 0.2) is 5.82 Å². The number of H-pyrrole nitrogens is 1. The van der Waals surface area contributed by atoms with Crippen molar-refractivity contribution < 1.29 is 0 Å². The smallest absolute Gasteiger partial charge is 0.214 e. The van der Waals surface area contributed by atoms with Crippen LogP contribution in [0, 0.1) is 0 Å². The van der Waals surface area contributed by atoms with E-state index in [4.69, 9.17) is 4.98 Å². The molecule has 1 aromatic carbocycles. The predicted octanol–water partition coefficient (Wildman–Crippen LogP) is 4.24. The third-order valence-electron chi connectivity index (χ3n) is 4.51. The van der Waals surface area contributed by atoms with Crippen LogP contribution in [0.4, 0.5) is 11.8 Å². The second-order valence-corrected chi connectivity index (χ2v) is 6.51. The van der Waals surface area contributed by atoms with Gasteiger partial charge in [0.2, 0.25) is 5.95 Å². The van der Waals surface area contributed by atoms with Gasteiger partial charge in [-0.25, -0.2) is 9.97 Å². The van der Waals surface area contributed by atoms with Crippen molar-refractivity contribution in [1.29, 1.82) is 0 Å². The Morgan fingerprint density at radius 2 is 2.00 bits per heavy atom. The molecule has 0 atom stereocenters. The first-order valence-corrected chi connectivity index (χ1v) is 8.75. The Kier molecular flexibility index (Phi) is 3.52. The van der Waals surface area contributed by atoms with Crippen LogP contribution in [0.25, 0.3) is 17.8 Å². The van der Waals surface area contributed by atoms with Gasteiger partial charge in [0.1, 0.15) is 5.65 Å². The van der Waals surface area contributed by atoms with E-state index in [2.05, 4.69) is 38.7 Å². The molecule has 0 spiro atoms. The number of imidazole rings is 1. The molecule has 128 valence electrons. The van der Waals surface area contributed by atoms with Gasteiger partial charge in [-0.15, -0.1) is 0 Å². The lowest BCUT2D eigenvalue weighted by Gasteiger charge is -2.06. The van der Waals surface area contributed by atoms with Crippen molar-refractivity contribution in [3.63, 3.8) is 0 Å². The van der Waals surface area contributed by atoms with E-state index in [-0.39, 0.29) is 0 Å². The van der Waals surface area contributed by atoms with Crippen LogP contribution in [0.2, 0.25) is 0 Å². The number of nitrogens with one attached hydrogen (secondary N) is 2. The Bertz CT molecular complexity index is 1070. The molecule has 26 heavy (non-hydrogen) atoms. The molecule has 1 saturated carbocycles. The van der Waals surface area contributed by atoms with Gasteiger partial charge in [-0.3, -0.25) is 9.50 Å². The van der Waals surface area contributed by atoms with Gasteiger partial charge in [-0.05, 0) is 24.5 Å². The number of aromatic amines is 1. The highest BCUT2D eigenvalue weighted by atomic mass is 15.3. The zero-order valence-corrected chi connectivity index (χ0v) is 14.1. The molecule has 1 fully saturated rings. The molecule has 0 radical (unpaired) electrons. The lowest BCUT2D eigenvalue weighted by atomic mass is 10.2. The fourth-order valence-corrected chi connectivity index (χ4v) is 2.98. The first-order valence-electron chi connectivity index (χ1n) is 8.75. The Hall–Kier alpha value is -3.41. The third kappa shape index (κ3) is 2.97. The fraction of sp³-hybridized carbons (Fsp3) is 0.150. The van der Waals surface area contributed by atoms with Crippen molar-refractivity contribution >= 4 is 29.6 Å². The summed E-state index contributed by atoms with van der Waals surface area (Å²) in [7, 11) is 0. The molecule has 0 unspecified atom stereocenters. The van der Waals surface area contributed by atoms with Gasteiger partial charge < -0.3 is 5.32 Å². The Morgan fingerprint density at radius 3 is 2.85 bits per heavy atom. The molecular formula is C20H18N6. The molecule has 0 bridgehead atoms. The maximum Gasteiger partial charge on any atom is 0.214 e. The highest BCUT2D eigenvalue weighted by molar-refractivity contribution is 5.70. The van der Waals surface area contributed by atoms with E-state index < -0.39 is 0 Å². The van der Waals surface area contributed by atoms with Crippen LogP contribution < -0.4 is 5.32 Å². The molecule has 0 saturated heterocycles. The predicted molar refractivity (Wildman–Crippen MR) is 102 cm³/mol. The third-order valence-corrected chi connectivity index (χ3v) is 4.51. The number of fused-ring (bicyclic) bond motifs is 1. The SMILES string of the molecule is C(=Cc1cc2nccn2c(Nc2cc(C3CC3)[nH]n2)n1)c1ccccc1. The van der Waals surface area contributed by atoms with Crippen molar-refractivity contribution in [2.24, 2.45) is 0 Å². The lowest BCUT2D eigenvalue weighted by Crippen LogP contribution is -2.02. The van der Waals surface area contributed by atoms with Crippen molar-refractivity contribution in [2.45, 2.75) is 18.8 Å². The van der Waals surface area contributed by atoms with Crippen LogP contribution in [0.5, 0.6) is 0 Å². The van der Waals surface area contributed by atoms with Crippen LogP contribution in [0.15, 0.2) is 54.9 Å². The fourth-order valence-electron chi connectivity index (χ4n) is 2.98. The number of anilines is 2. The zero-order chi connectivity index (χ0) is 17.3. The van der Waals surface area contributed by atoms with Gasteiger partial charge in [-0.1, -0.05) is 36.4 Å². The van der Waals surface area contributed by atoms with Gasteiger partial charge in [-0.2, -0.15) is 5.10 Å². The first-order chi connectivity index (χ1) is 12.8. The first kappa shape index (κ1) is 14.9. The van der Waals surface area contributed by atoms with E-state index >= 15 is 0 Å². The van der Waals surface area contributed by atoms with Gasteiger partial charge in [0.25, 0.3) is 0 Å². The maximum atomic E-state index is 4.72. The van der Waals surface area contributed by atoms with Crippen LogP contribution in [0.1, 0.15) is 35.7 Å². The van der Waals surface area contributed by atoms with Crippen LogP contribution in [-0.2, 0) is 0 Å². The van der Waals surface area contributed by atoms with Crippen LogP contribution in [-0.4, -0.2) is 24.6 Å². The van der Waals surface area contributed by atoms with Gasteiger partial charge in [0, 0.05) is 36.1 Å². The number of aromatic nitrogens is 5. The second kappa shape index (κ2) is 6.15. The highest BCUT2D eigenvalue weighted by Crippen LogP contribution is 2.39. The average Bonchev–Trinajstić information content (AvgIpc) is 3.22. The minimum Gasteiger partial charge on any atom is -0.308 e. The van der Waals surface area contributed by atoms with Crippen molar-refractivity contribution in [2.75, 3.05) is 5.32 Å². The van der Waals surface area contributed by atoms with Crippen molar-refractivity contribution in [3.8, 4) is 0 Å². The molecule has 2 N–H and O–H groups in total. The van der Waals surface area contributed by atoms with E-state index in [9.17, 15) is 0 Å². The van der Waals surface area contributed by atoms with E-state index in [1.54, 1.807) is 6.20 Å². The molecule has 6 nitrogen and oxygen atoms in total. The van der Waals surface area contributed by atoms with Crippen molar-refractivity contribution in [1.82, 2.24) is 24.6 Å². The summed E-state index contributed by atoms with van der Waals surface area (Å²) in [5.41, 5.74) is 4.00. The van der Waals surface area contributed by atoms with E-state index in [0.717, 1.165) is 22.7 Å². The normalized spacial score (nSPS) is 14.3. The molecule has 6 heteroatoms. The number of hydrogen-bond acceptors (Lipinski definition) is 4. The average molecular weight is 342 g/mol. The molecule has 3 heterocycles. The number of hydrogen-bond donors (Lipinski definition) is 2. The molecule has 0 amide bonds. The Morgan fingerprint density at radius 1 is 1.12 bits per heavy atom. The molecular weight excluding hydrogens is 324 g/mol. The molecule has 3 aromatic heterocycles. The molecule has 1 aliphatic rings. The summed E-state index contributed by atoms with van der Waals surface area (Å²) in [5, 5.41) is 10.8. The summed E-state index contributed by atoms with van der Waals surface area (Å²) in [6, 6.07) is 14.2. The Labute approximate surface area is 150 Å². The second-order valence-electron chi connectivity index (χ2n) is 6.51. The summed E-state index contributed by atoms with van der Waals surface area (Å²) in [6.07, 6.45) is 10.2. The van der Waals surface area contributed by atoms with E-state index in [1.165, 1.54) is 18.5 Å². The van der Waals surface area contributed by atoms with Gasteiger partial charge in [0.05, 0.1) is 5.69 Å². The molecule has 0 aliphatic heterocycles. The largest absolute Gasteiger partial charge is 0.308 e. The standard InChI is InChI=1S/C20H18N6/c1-2-4-14(5-3-1)6-9-16-12-19-21-10-11-26(19)20(22-16)23-18-13-17(24-25-18)15-7-8-15/h1-6,9-13,15H,7-8H2,(H2,22,23,24,25). The minimum absolute atomic E-state index is 0.638. The molecule has 1 aliphatic carbocycles. The summed E-state index contributed by atoms with van der Waals surface area (Å²) in [4.78, 5) is 9.13. The summed E-state index contributed by atoms with van der Waals surface area (Å²) >= 11 is 0. The Balaban J connectivity index is 1.47. The number of rotatable bonds is 5. The summed E-state index contributed by atoms with van der Waals surface area (Å²) in [5.74, 6) is 2.11. The topological polar surface area (TPSA) is 70.9 Å². The lowest BCUT2D eigenvalue weighted by molar-refractivity contribution is 0.964. The quantitative estimate of drug-likeness (QED) is 0.569. The summed E-state index contributed by atoms with van der Waals surface area (Å²) in [6.45, 7) is 0. The monoisotopic (exact) mass is 342 g/mol. The molecule has 5 rings (SSSR count). The zero-order valence-electron chi connectivity index (χ0n) is 14.1. The van der Waals surface area contributed by atoms with E-state index in [1.807, 2.05) is 47.0 Å².